The Morgan fingerprint density at radius 3 is 2.75 bits per heavy atom. The van der Waals surface area contributed by atoms with E-state index < -0.39 is 0 Å². The molecule has 0 aromatic heterocycles. The number of oxime groups is 1. The molecule has 0 fully saturated rings. The van der Waals surface area contributed by atoms with E-state index in [1.807, 2.05) is 13.8 Å². The number of hydrogen-bond donors (Lipinski definition) is 3. The Morgan fingerprint density at radius 1 is 1.75 bits per heavy atom. The molecule has 0 bridgehead atoms. The number of nitrogens with two attached hydrogens (primary N) is 1. The third kappa shape index (κ3) is 4.58. The summed E-state index contributed by atoms with van der Waals surface area (Å²) in [4.78, 5) is 0. The summed E-state index contributed by atoms with van der Waals surface area (Å²) in [5, 5.41) is 14.2. The van der Waals surface area contributed by atoms with Gasteiger partial charge in [-0.25, -0.2) is 0 Å². The lowest BCUT2D eigenvalue weighted by Crippen LogP contribution is -2.36. The molecule has 0 aromatic carbocycles. The number of nitrogens with zero attached hydrogens (tertiary/aromatic N) is 1. The normalized spacial score (nSPS) is 16.6. The second kappa shape index (κ2) is 5.44. The third-order valence-corrected chi connectivity index (χ3v) is 1.43. The van der Waals surface area contributed by atoms with E-state index >= 15 is 0 Å². The van der Waals surface area contributed by atoms with Crippen molar-refractivity contribution in [2.75, 3.05) is 0 Å². The van der Waals surface area contributed by atoms with Gasteiger partial charge in [0.05, 0.1) is 6.04 Å². The van der Waals surface area contributed by atoms with Crippen LogP contribution in [0, 0.1) is 12.3 Å². The Labute approximate surface area is 72.8 Å². The maximum absolute atomic E-state index is 8.27. The van der Waals surface area contributed by atoms with Crippen molar-refractivity contribution in [1.29, 1.82) is 0 Å². The van der Waals surface area contributed by atoms with Gasteiger partial charge >= 0.3 is 0 Å². The molecule has 0 rings (SSSR count). The molecule has 0 radical (unpaired) electrons. The van der Waals surface area contributed by atoms with E-state index in [9.17, 15) is 0 Å². The van der Waals surface area contributed by atoms with Gasteiger partial charge in [0.1, 0.15) is 5.84 Å². The molecule has 2 unspecified atom stereocenters. The van der Waals surface area contributed by atoms with E-state index in [0.29, 0.717) is 6.42 Å². The Hall–Kier alpha value is -1.21. The Balaban J connectivity index is 3.75. The van der Waals surface area contributed by atoms with Crippen LogP contribution >= 0.6 is 0 Å². The third-order valence-electron chi connectivity index (χ3n) is 1.43. The molecule has 0 spiro atoms. The lowest BCUT2D eigenvalue weighted by Gasteiger charge is -2.14. The number of nitrogens with one attached hydrogen (secondary N) is 1. The van der Waals surface area contributed by atoms with Gasteiger partial charge in [-0.05, 0) is 13.8 Å². The summed E-state index contributed by atoms with van der Waals surface area (Å²) in [7, 11) is 0. The molecule has 0 aliphatic carbocycles. The second-order valence-corrected chi connectivity index (χ2v) is 2.75. The standard InChI is InChI=1S/C8H15N3O/c1-4-6(2)10-7(3)5-8(9)11-12/h1,6-7,10,12H,5H2,2-3H3,(H2,9,11). The van der Waals surface area contributed by atoms with Crippen LogP contribution in [-0.4, -0.2) is 23.1 Å². The van der Waals surface area contributed by atoms with Gasteiger partial charge in [-0.1, -0.05) is 11.1 Å². The minimum absolute atomic E-state index is 0.00601. The predicted molar refractivity (Wildman–Crippen MR) is 48.9 cm³/mol. The van der Waals surface area contributed by atoms with Crippen LogP contribution in [-0.2, 0) is 0 Å². The SMILES string of the molecule is C#CC(C)NC(C)CC(N)=NO. The zero-order valence-electron chi connectivity index (χ0n) is 7.41. The summed E-state index contributed by atoms with van der Waals surface area (Å²) in [6, 6.07) is 0.124. The fourth-order valence-electron chi connectivity index (χ4n) is 0.888. The summed E-state index contributed by atoms with van der Waals surface area (Å²) >= 11 is 0. The molecule has 4 N–H and O–H groups in total. The topological polar surface area (TPSA) is 70.6 Å². The van der Waals surface area contributed by atoms with Crippen LogP contribution in [0.3, 0.4) is 0 Å². The highest BCUT2D eigenvalue weighted by Crippen LogP contribution is 1.92. The first kappa shape index (κ1) is 10.8. The molecule has 0 aliphatic heterocycles. The first-order chi connectivity index (χ1) is 5.60. The van der Waals surface area contributed by atoms with Crippen LogP contribution in [0.4, 0.5) is 0 Å². The zero-order chi connectivity index (χ0) is 9.56. The monoisotopic (exact) mass is 169 g/mol. The lowest BCUT2D eigenvalue weighted by molar-refractivity contribution is 0.315. The van der Waals surface area contributed by atoms with Crippen LogP contribution < -0.4 is 11.1 Å². The maximum atomic E-state index is 8.27. The van der Waals surface area contributed by atoms with Gasteiger partial charge in [0.25, 0.3) is 0 Å². The number of amidine groups is 1. The van der Waals surface area contributed by atoms with Gasteiger partial charge in [-0.15, -0.1) is 6.42 Å². The number of hydrogen-bond acceptors (Lipinski definition) is 3. The van der Waals surface area contributed by atoms with Gasteiger partial charge in [0, 0.05) is 12.5 Å². The minimum atomic E-state index is 0.00601. The number of terminal acetylenes is 1. The molecule has 0 heterocycles. The highest BCUT2D eigenvalue weighted by atomic mass is 16.4. The quantitative estimate of drug-likeness (QED) is 0.184. The van der Waals surface area contributed by atoms with Crippen LogP contribution in [0.15, 0.2) is 5.16 Å². The predicted octanol–water partition coefficient (Wildman–Crippen LogP) is 0.123. The first-order valence-electron chi connectivity index (χ1n) is 3.78. The molecule has 12 heavy (non-hydrogen) atoms. The van der Waals surface area contributed by atoms with E-state index in [1.54, 1.807) is 0 Å². The Kier molecular flexibility index (Phi) is 4.89. The van der Waals surface area contributed by atoms with Crippen molar-refractivity contribution < 1.29 is 5.21 Å². The average Bonchev–Trinajstić information content (AvgIpc) is 2.03. The highest BCUT2D eigenvalue weighted by Gasteiger charge is 2.06. The largest absolute Gasteiger partial charge is 0.409 e. The molecule has 0 saturated carbocycles. The fraction of sp³-hybridized carbons (Fsp3) is 0.625. The first-order valence-corrected chi connectivity index (χ1v) is 3.78. The van der Waals surface area contributed by atoms with Gasteiger partial charge in [-0.2, -0.15) is 0 Å². The van der Waals surface area contributed by atoms with E-state index in [2.05, 4.69) is 16.4 Å². The molecule has 4 heteroatoms. The zero-order valence-corrected chi connectivity index (χ0v) is 7.41. The van der Waals surface area contributed by atoms with E-state index in [4.69, 9.17) is 17.4 Å². The molecular formula is C8H15N3O. The van der Waals surface area contributed by atoms with Crippen LogP contribution in [0.1, 0.15) is 20.3 Å². The van der Waals surface area contributed by atoms with Crippen molar-refractivity contribution in [3.63, 3.8) is 0 Å². The highest BCUT2D eigenvalue weighted by molar-refractivity contribution is 5.80. The molecule has 4 nitrogen and oxygen atoms in total. The Morgan fingerprint density at radius 2 is 2.33 bits per heavy atom. The minimum Gasteiger partial charge on any atom is -0.409 e. The van der Waals surface area contributed by atoms with Crippen molar-refractivity contribution in [2.24, 2.45) is 10.9 Å². The van der Waals surface area contributed by atoms with Crippen molar-refractivity contribution in [3.05, 3.63) is 0 Å². The van der Waals surface area contributed by atoms with E-state index in [0.717, 1.165) is 0 Å². The van der Waals surface area contributed by atoms with Gasteiger partial charge in [-0.3, -0.25) is 0 Å². The molecule has 0 amide bonds. The second-order valence-electron chi connectivity index (χ2n) is 2.75. The van der Waals surface area contributed by atoms with Gasteiger partial charge in [0.15, 0.2) is 0 Å². The van der Waals surface area contributed by atoms with E-state index in [-0.39, 0.29) is 17.9 Å². The van der Waals surface area contributed by atoms with Crippen LogP contribution in [0.5, 0.6) is 0 Å². The lowest BCUT2D eigenvalue weighted by atomic mass is 10.2. The summed E-state index contributed by atoms with van der Waals surface area (Å²) < 4.78 is 0. The summed E-state index contributed by atoms with van der Waals surface area (Å²) in [6.07, 6.45) is 5.65. The fourth-order valence-corrected chi connectivity index (χ4v) is 0.888. The van der Waals surface area contributed by atoms with Crippen molar-refractivity contribution in [2.45, 2.75) is 32.4 Å². The molecule has 2 atom stereocenters. The summed E-state index contributed by atoms with van der Waals surface area (Å²) in [5.41, 5.74) is 5.30. The molecular weight excluding hydrogens is 154 g/mol. The van der Waals surface area contributed by atoms with Crippen LogP contribution in [0.2, 0.25) is 0 Å². The summed E-state index contributed by atoms with van der Waals surface area (Å²) in [6.45, 7) is 3.80. The maximum Gasteiger partial charge on any atom is 0.140 e. The molecule has 0 saturated heterocycles. The number of rotatable bonds is 4. The molecule has 0 aromatic rings. The van der Waals surface area contributed by atoms with Crippen molar-refractivity contribution >= 4 is 5.84 Å². The van der Waals surface area contributed by atoms with E-state index in [1.165, 1.54) is 0 Å². The van der Waals surface area contributed by atoms with Crippen LogP contribution in [0.25, 0.3) is 0 Å². The molecule has 68 valence electrons. The van der Waals surface area contributed by atoms with Gasteiger partial charge < -0.3 is 16.3 Å². The van der Waals surface area contributed by atoms with Crippen molar-refractivity contribution in [3.8, 4) is 12.3 Å². The summed E-state index contributed by atoms with van der Waals surface area (Å²) in [5.74, 6) is 2.74. The smallest absolute Gasteiger partial charge is 0.140 e. The molecule has 0 aliphatic rings. The van der Waals surface area contributed by atoms with Crippen molar-refractivity contribution in [1.82, 2.24) is 5.32 Å². The van der Waals surface area contributed by atoms with Gasteiger partial charge in [0.2, 0.25) is 0 Å². The Bertz CT molecular complexity index is 195. The average molecular weight is 169 g/mol.